The number of thiocarbonyl (C=S) groups is 1. The van der Waals surface area contributed by atoms with Gasteiger partial charge in [0.2, 0.25) is 5.91 Å². The Morgan fingerprint density at radius 1 is 1.31 bits per heavy atom. The molecule has 2 aromatic rings. The lowest BCUT2D eigenvalue weighted by molar-refractivity contribution is -0.119. The van der Waals surface area contributed by atoms with Crippen LogP contribution in [0.5, 0.6) is 0 Å². The number of methoxy groups -OCH3 is 1. The molecule has 0 radical (unpaired) electrons. The summed E-state index contributed by atoms with van der Waals surface area (Å²) in [5, 5.41) is 5.22. The normalized spacial score (nSPS) is 12.0. The Hall–Kier alpha value is -1.49. The predicted octanol–water partition coefficient (Wildman–Crippen LogP) is 2.24. The van der Waals surface area contributed by atoms with Crippen LogP contribution in [0.25, 0.3) is 10.2 Å². The summed E-state index contributed by atoms with van der Waals surface area (Å²) in [6, 6.07) is 0.0494. The molecule has 2 aromatic heterocycles. The zero-order valence-electron chi connectivity index (χ0n) is 15.4. The first-order valence-corrected chi connectivity index (χ1v) is 10.2. The molecule has 0 aliphatic rings. The summed E-state index contributed by atoms with van der Waals surface area (Å²) < 4.78 is 5.02. The molecule has 1 atom stereocenters. The molecule has 2 heterocycles. The van der Waals surface area contributed by atoms with E-state index in [0.29, 0.717) is 17.5 Å². The van der Waals surface area contributed by atoms with Gasteiger partial charge in [0, 0.05) is 23.4 Å². The molecule has 0 saturated heterocycles. The monoisotopic (exact) mass is 413 g/mol. The molecular formula is C16H23N5O2S3. The van der Waals surface area contributed by atoms with Crippen molar-refractivity contribution < 1.29 is 9.53 Å². The minimum atomic E-state index is -0.187. The van der Waals surface area contributed by atoms with Crippen LogP contribution in [0.4, 0.5) is 0 Å². The Morgan fingerprint density at radius 2 is 2.04 bits per heavy atom. The van der Waals surface area contributed by atoms with Crippen molar-refractivity contribution in [3.05, 3.63) is 16.3 Å². The molecule has 1 amide bonds. The van der Waals surface area contributed by atoms with Crippen molar-refractivity contribution in [3.63, 3.8) is 0 Å². The number of ether oxygens (including phenoxy) is 1. The second-order valence-electron chi connectivity index (χ2n) is 5.83. The van der Waals surface area contributed by atoms with E-state index in [1.54, 1.807) is 18.4 Å². The summed E-state index contributed by atoms with van der Waals surface area (Å²) in [4.78, 5) is 23.3. The molecule has 2 rings (SSSR count). The number of carbonyl (C=O) groups excluding carboxylic acids is 1. The second kappa shape index (κ2) is 9.45. The van der Waals surface area contributed by atoms with Gasteiger partial charge in [0.25, 0.3) is 0 Å². The highest BCUT2D eigenvalue weighted by Gasteiger charge is 2.15. The van der Waals surface area contributed by atoms with Crippen molar-refractivity contribution in [3.8, 4) is 0 Å². The largest absolute Gasteiger partial charge is 0.383 e. The van der Waals surface area contributed by atoms with Gasteiger partial charge in [-0.15, -0.1) is 11.3 Å². The topological polar surface area (TPSA) is 88.2 Å². The van der Waals surface area contributed by atoms with Crippen LogP contribution in [0, 0.1) is 20.8 Å². The van der Waals surface area contributed by atoms with Crippen LogP contribution in [0.1, 0.15) is 23.2 Å². The molecule has 3 N–H and O–H groups in total. The number of hydrogen-bond donors (Lipinski definition) is 3. The van der Waals surface area contributed by atoms with Crippen molar-refractivity contribution in [2.24, 2.45) is 0 Å². The Labute approximate surface area is 166 Å². The number of rotatable bonds is 6. The SMILES string of the molecule is COC[C@@H](C)NC(=S)NNC(=O)CSc1nc(C)nc2sc(C)c(C)c12. The van der Waals surface area contributed by atoms with Crippen LogP contribution in [0.15, 0.2) is 5.03 Å². The number of thioether (sulfide) groups is 1. The van der Waals surface area contributed by atoms with Gasteiger partial charge in [0.1, 0.15) is 15.7 Å². The number of hydrazine groups is 1. The van der Waals surface area contributed by atoms with Crippen LogP contribution in [-0.2, 0) is 9.53 Å². The Balaban J connectivity index is 1.92. The zero-order valence-corrected chi connectivity index (χ0v) is 17.9. The van der Waals surface area contributed by atoms with E-state index in [2.05, 4.69) is 40.0 Å². The summed E-state index contributed by atoms with van der Waals surface area (Å²) in [5.41, 5.74) is 6.45. The number of amides is 1. The van der Waals surface area contributed by atoms with E-state index in [1.165, 1.54) is 22.2 Å². The van der Waals surface area contributed by atoms with E-state index in [0.717, 1.165) is 15.2 Å². The third-order valence-corrected chi connectivity index (χ3v) is 5.85. The maximum Gasteiger partial charge on any atom is 0.248 e. The van der Waals surface area contributed by atoms with E-state index in [1.807, 2.05) is 13.8 Å². The maximum absolute atomic E-state index is 12.1. The molecule has 0 aliphatic carbocycles. The molecule has 0 aliphatic heterocycles. The number of carbonyl (C=O) groups is 1. The lowest BCUT2D eigenvalue weighted by Crippen LogP contribution is -2.50. The van der Waals surface area contributed by atoms with E-state index < -0.39 is 0 Å². The van der Waals surface area contributed by atoms with Gasteiger partial charge in [0.05, 0.1) is 12.4 Å². The highest BCUT2D eigenvalue weighted by molar-refractivity contribution is 8.00. The summed E-state index contributed by atoms with van der Waals surface area (Å²) >= 11 is 8.17. The molecule has 0 saturated carbocycles. The van der Waals surface area contributed by atoms with Crippen LogP contribution in [-0.4, -0.2) is 46.5 Å². The van der Waals surface area contributed by atoms with Crippen molar-refractivity contribution in [1.82, 2.24) is 26.1 Å². The quantitative estimate of drug-likeness (QED) is 0.288. The molecular weight excluding hydrogens is 390 g/mol. The average Bonchev–Trinajstić information content (AvgIpc) is 2.85. The molecule has 142 valence electrons. The fourth-order valence-corrected chi connectivity index (χ4v) is 4.59. The molecule has 0 unspecified atom stereocenters. The Morgan fingerprint density at radius 3 is 2.73 bits per heavy atom. The Bertz CT molecular complexity index is 809. The van der Waals surface area contributed by atoms with E-state index >= 15 is 0 Å². The first kappa shape index (κ1) is 20.8. The van der Waals surface area contributed by atoms with E-state index in [4.69, 9.17) is 17.0 Å². The van der Waals surface area contributed by atoms with E-state index in [9.17, 15) is 4.79 Å². The summed E-state index contributed by atoms with van der Waals surface area (Å²) in [5.74, 6) is 0.744. The number of thiophene rings is 1. The van der Waals surface area contributed by atoms with Gasteiger partial charge in [-0.3, -0.25) is 15.6 Å². The smallest absolute Gasteiger partial charge is 0.248 e. The molecule has 26 heavy (non-hydrogen) atoms. The average molecular weight is 414 g/mol. The fourth-order valence-electron chi connectivity index (χ4n) is 2.27. The number of aryl methyl sites for hydroxylation is 3. The van der Waals surface area contributed by atoms with Gasteiger partial charge in [-0.05, 0) is 45.5 Å². The summed E-state index contributed by atoms with van der Waals surface area (Å²) in [6.07, 6.45) is 0. The fraction of sp³-hybridized carbons (Fsp3) is 0.500. The summed E-state index contributed by atoms with van der Waals surface area (Å²) in [7, 11) is 1.62. The number of nitrogens with one attached hydrogen (secondary N) is 3. The standard InChI is InChI=1S/C16H23N5O2S3/c1-8(6-23-5)17-16(24)21-20-12(22)7-25-14-13-9(2)10(3)26-15(13)19-11(4)18-14/h8H,6-7H2,1-5H3,(H,20,22)(H2,17,21,24)/t8-/m1/s1. The molecule has 0 spiro atoms. The first-order chi connectivity index (χ1) is 12.3. The van der Waals surface area contributed by atoms with Gasteiger partial charge in [-0.1, -0.05) is 11.8 Å². The lowest BCUT2D eigenvalue weighted by Gasteiger charge is -2.16. The zero-order chi connectivity index (χ0) is 19.3. The van der Waals surface area contributed by atoms with Crippen molar-refractivity contribution in [1.29, 1.82) is 0 Å². The molecule has 0 fully saturated rings. The van der Waals surface area contributed by atoms with Crippen LogP contribution < -0.4 is 16.2 Å². The van der Waals surface area contributed by atoms with Gasteiger partial charge >= 0.3 is 0 Å². The lowest BCUT2D eigenvalue weighted by atomic mass is 10.2. The predicted molar refractivity (Wildman–Crippen MR) is 111 cm³/mol. The third-order valence-electron chi connectivity index (χ3n) is 3.56. The van der Waals surface area contributed by atoms with Crippen molar-refractivity contribution >= 4 is 56.6 Å². The highest BCUT2D eigenvalue weighted by atomic mass is 32.2. The van der Waals surface area contributed by atoms with Crippen LogP contribution in [0.2, 0.25) is 0 Å². The highest BCUT2D eigenvalue weighted by Crippen LogP contribution is 2.34. The van der Waals surface area contributed by atoms with Gasteiger partial charge in [-0.2, -0.15) is 0 Å². The number of fused-ring (bicyclic) bond motifs is 1. The minimum absolute atomic E-state index is 0.0494. The van der Waals surface area contributed by atoms with Gasteiger partial charge in [0.15, 0.2) is 5.11 Å². The van der Waals surface area contributed by atoms with Crippen LogP contribution >= 0.6 is 35.3 Å². The minimum Gasteiger partial charge on any atom is -0.383 e. The third kappa shape index (κ3) is 5.50. The molecule has 7 nitrogen and oxygen atoms in total. The number of nitrogens with zero attached hydrogens (tertiary/aromatic N) is 2. The first-order valence-electron chi connectivity index (χ1n) is 8.03. The van der Waals surface area contributed by atoms with Crippen molar-refractivity contribution in [2.45, 2.75) is 38.8 Å². The van der Waals surface area contributed by atoms with Crippen molar-refractivity contribution in [2.75, 3.05) is 19.5 Å². The van der Waals surface area contributed by atoms with E-state index in [-0.39, 0.29) is 17.7 Å². The molecule has 0 bridgehead atoms. The molecule has 10 heteroatoms. The number of hydrogen-bond acceptors (Lipinski definition) is 7. The van der Waals surface area contributed by atoms with Gasteiger partial charge < -0.3 is 10.1 Å². The summed E-state index contributed by atoms with van der Waals surface area (Å²) in [6.45, 7) is 8.45. The maximum atomic E-state index is 12.1. The number of aromatic nitrogens is 2. The molecule has 0 aromatic carbocycles. The van der Waals surface area contributed by atoms with Gasteiger partial charge in [-0.25, -0.2) is 9.97 Å². The second-order valence-corrected chi connectivity index (χ2v) is 8.41. The van der Waals surface area contributed by atoms with Crippen LogP contribution in [0.3, 0.4) is 0 Å². The Kier molecular flexibility index (Phi) is 7.56.